The first-order chi connectivity index (χ1) is 20.9. The fourth-order valence-corrected chi connectivity index (χ4v) is 5.11. The number of imide groups is 1. The zero-order valence-corrected chi connectivity index (χ0v) is 24.5. The third kappa shape index (κ3) is 7.41. The summed E-state index contributed by atoms with van der Waals surface area (Å²) < 4.78 is 14.0. The molecule has 0 aliphatic heterocycles. The van der Waals surface area contributed by atoms with Crippen LogP contribution < -0.4 is 20.1 Å². The number of benzene rings is 4. The van der Waals surface area contributed by atoms with Gasteiger partial charge in [-0.2, -0.15) is 11.8 Å². The Morgan fingerprint density at radius 2 is 1.63 bits per heavy atom. The molecule has 43 heavy (non-hydrogen) atoms. The highest BCUT2D eigenvalue weighted by Gasteiger charge is 2.17. The molecule has 1 aromatic heterocycles. The Hall–Kier alpha value is -5.09. The van der Waals surface area contributed by atoms with Crippen molar-refractivity contribution < 1.29 is 23.9 Å². The number of nitrogens with one attached hydrogen (secondary N) is 2. The van der Waals surface area contributed by atoms with Crippen LogP contribution in [0.2, 0.25) is 0 Å². The first-order valence-corrected chi connectivity index (χ1v) is 14.8. The number of hydrogen-bond acceptors (Lipinski definition) is 7. The number of anilines is 1. The Morgan fingerprint density at radius 3 is 2.33 bits per heavy atom. The van der Waals surface area contributed by atoms with Crippen LogP contribution in [0.5, 0.6) is 17.2 Å². The average Bonchev–Trinajstić information content (AvgIpc) is 3.35. The van der Waals surface area contributed by atoms with E-state index in [1.807, 2.05) is 78.5 Å². The van der Waals surface area contributed by atoms with Gasteiger partial charge in [0.25, 0.3) is 5.91 Å². The topological polar surface area (TPSA) is 112 Å². The maximum absolute atomic E-state index is 12.4. The van der Waals surface area contributed by atoms with E-state index in [2.05, 4.69) is 10.6 Å². The van der Waals surface area contributed by atoms with Gasteiger partial charge in [0.15, 0.2) is 0 Å². The minimum atomic E-state index is -0.349. The lowest BCUT2D eigenvalue weighted by Gasteiger charge is -2.13. The molecule has 1 atom stereocenters. The number of thioether (sulfide) groups is 1. The van der Waals surface area contributed by atoms with Gasteiger partial charge in [-0.25, -0.2) is 4.98 Å². The number of imidazole rings is 1. The number of carbonyl (C=O) groups excluding carboxylic acids is 3. The highest BCUT2D eigenvalue weighted by atomic mass is 32.2. The smallest absolute Gasteiger partial charge is 0.255 e. The van der Waals surface area contributed by atoms with Crippen LogP contribution in [0.25, 0.3) is 11.0 Å². The van der Waals surface area contributed by atoms with E-state index < -0.39 is 0 Å². The van der Waals surface area contributed by atoms with Crippen molar-refractivity contribution in [1.82, 2.24) is 14.9 Å². The molecule has 0 radical (unpaired) electrons. The largest absolute Gasteiger partial charge is 0.486 e. The van der Waals surface area contributed by atoms with Crippen LogP contribution in [0.1, 0.15) is 21.7 Å². The van der Waals surface area contributed by atoms with E-state index in [0.29, 0.717) is 41.3 Å². The Bertz CT molecular complexity index is 1720. The van der Waals surface area contributed by atoms with Crippen LogP contribution in [0, 0.1) is 0 Å². The standard InChI is InChI=1S/C33H30N4O5S/c1-37-29-19-27(42-26-14-10-24(11-15-26)35-32(39)23-6-4-3-5-7-23)16-17-28(29)36-31(37)20-41-25-12-8-22(9-13-25)18-30(43-2)33(40)34-21-38/h3-17,19,21,30H,18,20H2,1-2H3,(H,35,39)(H,34,38,40). The van der Waals surface area contributed by atoms with Crippen molar-refractivity contribution in [3.63, 3.8) is 0 Å². The summed E-state index contributed by atoms with van der Waals surface area (Å²) in [4.78, 5) is 39.7. The van der Waals surface area contributed by atoms with Gasteiger partial charge in [0.05, 0.1) is 16.3 Å². The molecular formula is C33H30N4O5S. The average molecular weight is 595 g/mol. The maximum atomic E-state index is 12.4. The third-order valence-electron chi connectivity index (χ3n) is 6.82. The summed E-state index contributed by atoms with van der Waals surface area (Å²) in [7, 11) is 1.93. The molecule has 2 N–H and O–H groups in total. The number of aromatic nitrogens is 2. The summed E-state index contributed by atoms with van der Waals surface area (Å²) in [6, 6.07) is 29.5. The van der Waals surface area contributed by atoms with Gasteiger partial charge in [-0.1, -0.05) is 30.3 Å². The lowest BCUT2D eigenvalue weighted by Crippen LogP contribution is -2.32. The molecule has 0 aliphatic carbocycles. The number of aryl methyl sites for hydroxylation is 1. The predicted octanol–water partition coefficient (Wildman–Crippen LogP) is 5.74. The molecule has 10 heteroatoms. The summed E-state index contributed by atoms with van der Waals surface area (Å²) in [6.07, 6.45) is 2.75. The predicted molar refractivity (Wildman–Crippen MR) is 168 cm³/mol. The van der Waals surface area contributed by atoms with Gasteiger partial charge in [-0.05, 0) is 78.9 Å². The Kier molecular flexibility index (Phi) is 9.38. The van der Waals surface area contributed by atoms with E-state index in [4.69, 9.17) is 14.5 Å². The zero-order valence-electron chi connectivity index (χ0n) is 23.7. The number of rotatable bonds is 12. The van der Waals surface area contributed by atoms with Crippen molar-refractivity contribution in [3.05, 3.63) is 114 Å². The van der Waals surface area contributed by atoms with Crippen LogP contribution in [0.3, 0.4) is 0 Å². The van der Waals surface area contributed by atoms with Crippen LogP contribution >= 0.6 is 11.8 Å². The van der Waals surface area contributed by atoms with Gasteiger partial charge in [0.1, 0.15) is 29.7 Å². The Morgan fingerprint density at radius 1 is 0.930 bits per heavy atom. The van der Waals surface area contributed by atoms with Crippen molar-refractivity contribution in [2.45, 2.75) is 18.3 Å². The van der Waals surface area contributed by atoms with Crippen LogP contribution in [0.4, 0.5) is 5.69 Å². The first kappa shape index (κ1) is 29.4. The lowest BCUT2D eigenvalue weighted by atomic mass is 10.1. The van der Waals surface area contributed by atoms with Gasteiger partial charge in [-0.3, -0.25) is 19.7 Å². The minimum absolute atomic E-state index is 0.171. The van der Waals surface area contributed by atoms with Crippen molar-refractivity contribution >= 4 is 46.7 Å². The molecule has 3 amide bonds. The van der Waals surface area contributed by atoms with Crippen molar-refractivity contribution in [1.29, 1.82) is 0 Å². The van der Waals surface area contributed by atoms with E-state index in [-0.39, 0.29) is 23.7 Å². The molecule has 218 valence electrons. The Balaban J connectivity index is 1.19. The van der Waals surface area contributed by atoms with Crippen LogP contribution in [0.15, 0.2) is 97.1 Å². The Labute approximate surface area is 253 Å². The first-order valence-electron chi connectivity index (χ1n) is 13.5. The summed E-state index contributed by atoms with van der Waals surface area (Å²) in [5.74, 6) is 2.25. The summed E-state index contributed by atoms with van der Waals surface area (Å²) in [6.45, 7) is 0.270. The number of ether oxygens (including phenoxy) is 2. The normalized spacial score (nSPS) is 11.5. The SMILES string of the molecule is CSC(Cc1ccc(OCc2nc3ccc(Oc4ccc(NC(=O)c5ccccc5)cc4)cc3n2C)cc1)C(=O)NC=O. The fourth-order valence-electron chi connectivity index (χ4n) is 4.47. The number of carbonyl (C=O) groups is 3. The van der Waals surface area contributed by atoms with E-state index in [9.17, 15) is 14.4 Å². The number of hydrogen-bond donors (Lipinski definition) is 2. The minimum Gasteiger partial charge on any atom is -0.486 e. The fraction of sp³-hybridized carbons (Fsp3) is 0.152. The lowest BCUT2D eigenvalue weighted by molar-refractivity contribution is -0.124. The number of amides is 3. The van der Waals surface area contributed by atoms with Crippen LogP contribution in [-0.4, -0.2) is 39.3 Å². The monoisotopic (exact) mass is 594 g/mol. The molecule has 5 rings (SSSR count). The van der Waals surface area contributed by atoms with Gasteiger partial charge in [-0.15, -0.1) is 0 Å². The maximum Gasteiger partial charge on any atom is 0.255 e. The molecule has 1 heterocycles. The summed E-state index contributed by atoms with van der Waals surface area (Å²) >= 11 is 1.40. The molecule has 4 aromatic carbocycles. The second-order valence-electron chi connectivity index (χ2n) is 9.67. The summed E-state index contributed by atoms with van der Waals surface area (Å²) in [5.41, 5.74) is 3.95. The molecule has 9 nitrogen and oxygen atoms in total. The molecule has 1 unspecified atom stereocenters. The van der Waals surface area contributed by atoms with Gasteiger partial charge < -0.3 is 19.4 Å². The molecular weight excluding hydrogens is 564 g/mol. The molecule has 5 aromatic rings. The van der Waals surface area contributed by atoms with E-state index in [0.717, 1.165) is 22.4 Å². The highest BCUT2D eigenvalue weighted by molar-refractivity contribution is 7.99. The molecule has 0 fully saturated rings. The number of fused-ring (bicyclic) bond motifs is 1. The van der Waals surface area contributed by atoms with Gasteiger partial charge >= 0.3 is 0 Å². The second-order valence-corrected chi connectivity index (χ2v) is 10.7. The third-order valence-corrected chi connectivity index (χ3v) is 7.77. The molecule has 0 bridgehead atoms. The zero-order chi connectivity index (χ0) is 30.2. The highest BCUT2D eigenvalue weighted by Crippen LogP contribution is 2.27. The van der Waals surface area contributed by atoms with Gasteiger partial charge in [0.2, 0.25) is 12.3 Å². The molecule has 0 spiro atoms. The van der Waals surface area contributed by atoms with E-state index >= 15 is 0 Å². The molecule has 0 aliphatic rings. The quantitative estimate of drug-likeness (QED) is 0.177. The summed E-state index contributed by atoms with van der Waals surface area (Å²) in [5, 5.41) is 4.75. The van der Waals surface area contributed by atoms with Crippen molar-refractivity contribution in [2.24, 2.45) is 7.05 Å². The van der Waals surface area contributed by atoms with Crippen molar-refractivity contribution in [2.75, 3.05) is 11.6 Å². The van der Waals surface area contributed by atoms with Crippen LogP contribution in [-0.2, 0) is 29.7 Å². The second kappa shape index (κ2) is 13.7. The number of nitrogens with zero attached hydrogens (tertiary/aromatic N) is 2. The van der Waals surface area contributed by atoms with E-state index in [1.54, 1.807) is 36.4 Å². The van der Waals surface area contributed by atoms with Crippen molar-refractivity contribution in [3.8, 4) is 17.2 Å². The molecule has 0 saturated heterocycles. The molecule has 0 saturated carbocycles. The van der Waals surface area contributed by atoms with Gasteiger partial charge in [0, 0.05) is 24.4 Å². The van der Waals surface area contributed by atoms with E-state index in [1.165, 1.54) is 11.8 Å².